The Morgan fingerprint density at radius 1 is 1.30 bits per heavy atom. The van der Waals surface area contributed by atoms with E-state index in [9.17, 15) is 4.79 Å². The Morgan fingerprint density at radius 2 is 2.05 bits per heavy atom. The Hall–Kier alpha value is -2.18. The van der Waals surface area contributed by atoms with Crippen molar-refractivity contribution in [2.45, 2.75) is 0 Å². The maximum Gasteiger partial charge on any atom is 0.345 e. The van der Waals surface area contributed by atoms with E-state index in [1.807, 2.05) is 0 Å². The number of aromatic carboxylic acids is 1. The van der Waals surface area contributed by atoms with Crippen LogP contribution >= 0.6 is 22.9 Å². The maximum atomic E-state index is 11.0. The van der Waals surface area contributed by atoms with Crippen LogP contribution in [0.15, 0.2) is 36.5 Å². The highest BCUT2D eigenvalue weighted by Gasteiger charge is 2.14. The average Bonchev–Trinajstić information content (AvgIpc) is 2.87. The Balaban J connectivity index is 2.02. The summed E-state index contributed by atoms with van der Waals surface area (Å²) in [5, 5.41) is 18.0. The molecule has 0 saturated carbocycles. The van der Waals surface area contributed by atoms with Gasteiger partial charge in [0.15, 0.2) is 0 Å². The molecule has 3 aromatic rings. The van der Waals surface area contributed by atoms with Crippen LogP contribution in [0.4, 0.5) is 0 Å². The summed E-state index contributed by atoms with van der Waals surface area (Å²) in [6.45, 7) is 0. The summed E-state index contributed by atoms with van der Waals surface area (Å²) in [7, 11) is 0. The van der Waals surface area contributed by atoms with Gasteiger partial charge in [0, 0.05) is 5.02 Å². The predicted molar refractivity (Wildman–Crippen MR) is 75.9 cm³/mol. The second-order valence-electron chi connectivity index (χ2n) is 3.90. The van der Waals surface area contributed by atoms with Gasteiger partial charge < -0.3 is 9.84 Å². The standard InChI is InChI=1S/C13H7ClN2O3S/c14-7-1-3-8(4-2-7)19-12-9-5-10(13(17)18)20-11(9)6-15-16-12/h1-6H,(H,17,18). The number of halogens is 1. The molecule has 0 fully saturated rings. The first-order chi connectivity index (χ1) is 9.63. The highest BCUT2D eigenvalue weighted by Crippen LogP contribution is 2.33. The second kappa shape index (κ2) is 5.07. The predicted octanol–water partition coefficient (Wildman–Crippen LogP) is 3.84. The first-order valence-electron chi connectivity index (χ1n) is 5.55. The largest absolute Gasteiger partial charge is 0.477 e. The van der Waals surface area contributed by atoms with Gasteiger partial charge in [-0.3, -0.25) is 0 Å². The average molecular weight is 307 g/mol. The van der Waals surface area contributed by atoms with E-state index in [0.717, 1.165) is 11.3 Å². The van der Waals surface area contributed by atoms with Crippen molar-refractivity contribution in [3.8, 4) is 11.6 Å². The lowest BCUT2D eigenvalue weighted by molar-refractivity contribution is 0.0702. The van der Waals surface area contributed by atoms with Crippen molar-refractivity contribution in [3.05, 3.63) is 46.4 Å². The van der Waals surface area contributed by atoms with Crippen LogP contribution < -0.4 is 4.74 Å². The zero-order valence-electron chi connectivity index (χ0n) is 9.91. The van der Waals surface area contributed by atoms with E-state index in [-0.39, 0.29) is 10.8 Å². The van der Waals surface area contributed by atoms with E-state index < -0.39 is 5.97 Å². The SMILES string of the molecule is O=C(O)c1cc2c(Oc3ccc(Cl)cc3)nncc2s1. The molecule has 0 spiro atoms. The van der Waals surface area contributed by atoms with E-state index in [4.69, 9.17) is 21.4 Å². The number of hydrogen-bond acceptors (Lipinski definition) is 5. The molecule has 0 radical (unpaired) electrons. The normalized spacial score (nSPS) is 10.7. The van der Waals surface area contributed by atoms with Crippen LogP contribution in [-0.2, 0) is 0 Å². The van der Waals surface area contributed by atoms with E-state index in [2.05, 4.69) is 10.2 Å². The molecule has 1 aromatic carbocycles. The van der Waals surface area contributed by atoms with Crippen molar-refractivity contribution in [2.75, 3.05) is 0 Å². The van der Waals surface area contributed by atoms with Crippen molar-refractivity contribution < 1.29 is 14.6 Å². The summed E-state index contributed by atoms with van der Waals surface area (Å²) in [6, 6.07) is 8.32. The minimum absolute atomic E-state index is 0.218. The Kier molecular flexibility index (Phi) is 3.25. The van der Waals surface area contributed by atoms with E-state index in [1.54, 1.807) is 24.3 Å². The van der Waals surface area contributed by atoms with Crippen LogP contribution in [0, 0.1) is 0 Å². The molecule has 3 rings (SSSR count). The summed E-state index contributed by atoms with van der Waals surface area (Å²) >= 11 is 6.93. The molecule has 0 aliphatic heterocycles. The number of ether oxygens (including phenoxy) is 1. The molecular weight excluding hydrogens is 300 g/mol. The van der Waals surface area contributed by atoms with Gasteiger partial charge in [-0.1, -0.05) is 11.6 Å². The van der Waals surface area contributed by atoms with E-state index in [0.29, 0.717) is 20.9 Å². The van der Waals surface area contributed by atoms with Crippen molar-refractivity contribution in [2.24, 2.45) is 0 Å². The molecule has 5 nitrogen and oxygen atoms in total. The molecule has 20 heavy (non-hydrogen) atoms. The van der Waals surface area contributed by atoms with Crippen LogP contribution in [-0.4, -0.2) is 21.3 Å². The highest BCUT2D eigenvalue weighted by molar-refractivity contribution is 7.20. The molecule has 0 aliphatic rings. The lowest BCUT2D eigenvalue weighted by atomic mass is 10.3. The molecule has 1 N–H and O–H groups in total. The van der Waals surface area contributed by atoms with E-state index >= 15 is 0 Å². The van der Waals surface area contributed by atoms with Gasteiger partial charge in [0.05, 0.1) is 16.3 Å². The lowest BCUT2D eigenvalue weighted by Crippen LogP contribution is -1.91. The lowest BCUT2D eigenvalue weighted by Gasteiger charge is -2.04. The second-order valence-corrected chi connectivity index (χ2v) is 5.42. The van der Waals surface area contributed by atoms with Crippen molar-refractivity contribution in [1.29, 1.82) is 0 Å². The quantitative estimate of drug-likeness (QED) is 0.796. The number of carboxylic acids is 1. The van der Waals surface area contributed by atoms with E-state index in [1.165, 1.54) is 12.3 Å². The maximum absolute atomic E-state index is 11.0. The van der Waals surface area contributed by atoms with Gasteiger partial charge >= 0.3 is 5.97 Å². The fourth-order valence-electron chi connectivity index (χ4n) is 1.65. The Labute approximate surface area is 122 Å². The van der Waals surface area contributed by atoms with Gasteiger partial charge in [-0.05, 0) is 30.3 Å². The van der Waals surface area contributed by atoms with Gasteiger partial charge in [-0.25, -0.2) is 4.79 Å². The zero-order valence-corrected chi connectivity index (χ0v) is 11.5. The molecule has 0 aliphatic carbocycles. The van der Waals surface area contributed by atoms with Crippen molar-refractivity contribution >= 4 is 39.0 Å². The molecule has 2 aromatic heterocycles. The third-order valence-corrected chi connectivity index (χ3v) is 3.86. The molecule has 0 unspecified atom stereocenters. The third-order valence-electron chi connectivity index (χ3n) is 2.55. The number of carboxylic acid groups (broad SMARTS) is 1. The van der Waals surface area contributed by atoms with Crippen molar-refractivity contribution in [3.63, 3.8) is 0 Å². The van der Waals surface area contributed by atoms with Crippen LogP contribution in [0.25, 0.3) is 10.1 Å². The number of fused-ring (bicyclic) bond motifs is 1. The van der Waals surface area contributed by atoms with Crippen LogP contribution in [0.3, 0.4) is 0 Å². The number of hydrogen-bond donors (Lipinski definition) is 1. The topological polar surface area (TPSA) is 72.3 Å². The van der Waals surface area contributed by atoms with Gasteiger partial charge in [0.1, 0.15) is 10.6 Å². The highest BCUT2D eigenvalue weighted by atomic mass is 35.5. The molecule has 7 heteroatoms. The molecular formula is C13H7ClN2O3S. The number of rotatable bonds is 3. The monoisotopic (exact) mass is 306 g/mol. The summed E-state index contributed by atoms with van der Waals surface area (Å²) in [4.78, 5) is 11.2. The van der Waals surface area contributed by atoms with Crippen molar-refractivity contribution in [1.82, 2.24) is 10.2 Å². The number of benzene rings is 1. The van der Waals surface area contributed by atoms with Crippen LogP contribution in [0.2, 0.25) is 5.02 Å². The minimum Gasteiger partial charge on any atom is -0.477 e. The summed E-state index contributed by atoms with van der Waals surface area (Å²) in [5.41, 5.74) is 0. The smallest absolute Gasteiger partial charge is 0.345 e. The van der Waals surface area contributed by atoms with Crippen LogP contribution in [0.5, 0.6) is 11.6 Å². The number of carbonyl (C=O) groups is 1. The molecule has 0 amide bonds. The zero-order chi connectivity index (χ0) is 14.1. The van der Waals surface area contributed by atoms with Gasteiger partial charge in [-0.2, -0.15) is 5.10 Å². The van der Waals surface area contributed by atoms with Gasteiger partial charge in [-0.15, -0.1) is 16.4 Å². The van der Waals surface area contributed by atoms with Crippen LogP contribution in [0.1, 0.15) is 9.67 Å². The fourth-order valence-corrected chi connectivity index (χ4v) is 2.63. The summed E-state index contributed by atoms with van der Waals surface area (Å²) in [5.74, 6) is -0.156. The van der Waals surface area contributed by atoms with Gasteiger partial charge in [0.25, 0.3) is 0 Å². The molecule has 100 valence electrons. The first kappa shape index (κ1) is 12.8. The summed E-state index contributed by atoms with van der Waals surface area (Å²) in [6.07, 6.45) is 1.52. The molecule has 2 heterocycles. The minimum atomic E-state index is -0.983. The number of aromatic nitrogens is 2. The first-order valence-corrected chi connectivity index (χ1v) is 6.75. The number of nitrogens with zero attached hydrogens (tertiary/aromatic N) is 2. The third kappa shape index (κ3) is 2.43. The molecule has 0 atom stereocenters. The summed E-state index contributed by atoms with van der Waals surface area (Å²) < 4.78 is 6.33. The molecule has 0 bridgehead atoms. The fraction of sp³-hybridized carbons (Fsp3) is 0. The van der Waals surface area contributed by atoms with Gasteiger partial charge in [0.2, 0.25) is 5.88 Å². The Morgan fingerprint density at radius 3 is 2.75 bits per heavy atom. The Bertz CT molecular complexity index is 786. The molecule has 0 saturated heterocycles. The number of thiophene rings is 1.